The molecule has 2 rings (SSSR count). The Bertz CT molecular complexity index is 389. The molecule has 0 N–H and O–H groups in total. The molecule has 2 heteroatoms. The summed E-state index contributed by atoms with van der Waals surface area (Å²) in [6.07, 6.45) is 4.08. The first-order valence-corrected chi connectivity index (χ1v) is 5.15. The first-order valence-electron chi connectivity index (χ1n) is 5.15. The van der Waals surface area contributed by atoms with Gasteiger partial charge in [-0.1, -0.05) is 17.7 Å². The monoisotopic (exact) mass is 201 g/mol. The van der Waals surface area contributed by atoms with Gasteiger partial charge in [0.05, 0.1) is 6.54 Å². The Morgan fingerprint density at radius 1 is 1.07 bits per heavy atom. The van der Waals surface area contributed by atoms with E-state index in [4.69, 9.17) is 4.74 Å². The van der Waals surface area contributed by atoms with Crippen molar-refractivity contribution in [2.45, 2.75) is 13.5 Å². The van der Waals surface area contributed by atoms with Gasteiger partial charge in [0, 0.05) is 12.4 Å². The summed E-state index contributed by atoms with van der Waals surface area (Å²) in [5, 5.41) is 0. The number of ether oxygens (including phenoxy) is 1. The van der Waals surface area contributed by atoms with Crippen LogP contribution in [0.4, 0.5) is 0 Å². The van der Waals surface area contributed by atoms with Gasteiger partial charge in [-0.25, -0.2) is 0 Å². The van der Waals surface area contributed by atoms with E-state index in [2.05, 4.69) is 23.6 Å². The van der Waals surface area contributed by atoms with Crippen LogP contribution in [0.5, 0.6) is 5.75 Å². The van der Waals surface area contributed by atoms with Crippen LogP contribution >= 0.6 is 0 Å². The van der Waals surface area contributed by atoms with Crippen LogP contribution in [-0.4, -0.2) is 11.2 Å². The molecular formula is C13H15NO. The molecule has 0 amide bonds. The molecule has 1 heterocycles. The lowest BCUT2D eigenvalue weighted by atomic mass is 10.2. The fourth-order valence-electron chi connectivity index (χ4n) is 1.42. The molecule has 0 spiro atoms. The summed E-state index contributed by atoms with van der Waals surface area (Å²) < 4.78 is 7.72. The van der Waals surface area contributed by atoms with Crippen LogP contribution < -0.4 is 4.74 Å². The first-order chi connectivity index (χ1) is 7.34. The van der Waals surface area contributed by atoms with E-state index >= 15 is 0 Å². The average molecular weight is 201 g/mol. The summed E-state index contributed by atoms with van der Waals surface area (Å²) in [7, 11) is 0. The number of hydrogen-bond donors (Lipinski definition) is 0. The number of nitrogens with zero attached hydrogens (tertiary/aromatic N) is 1. The number of aromatic nitrogens is 1. The van der Waals surface area contributed by atoms with Crippen molar-refractivity contribution in [2.24, 2.45) is 0 Å². The summed E-state index contributed by atoms with van der Waals surface area (Å²) in [6.45, 7) is 3.67. The van der Waals surface area contributed by atoms with E-state index in [9.17, 15) is 0 Å². The molecule has 0 saturated heterocycles. The second kappa shape index (κ2) is 4.69. The number of rotatable bonds is 4. The van der Waals surface area contributed by atoms with Gasteiger partial charge in [-0.05, 0) is 31.2 Å². The quantitative estimate of drug-likeness (QED) is 0.742. The molecule has 1 aromatic carbocycles. The van der Waals surface area contributed by atoms with Gasteiger partial charge in [0.15, 0.2) is 0 Å². The third kappa shape index (κ3) is 2.88. The van der Waals surface area contributed by atoms with Crippen molar-refractivity contribution in [3.63, 3.8) is 0 Å². The number of aryl methyl sites for hydroxylation is 1. The van der Waals surface area contributed by atoms with Crippen molar-refractivity contribution >= 4 is 0 Å². The lowest BCUT2D eigenvalue weighted by Gasteiger charge is -2.06. The SMILES string of the molecule is Cc1ccc(OCCn2cccc2)cc1. The van der Waals surface area contributed by atoms with E-state index in [-0.39, 0.29) is 0 Å². The maximum atomic E-state index is 5.61. The van der Waals surface area contributed by atoms with E-state index in [1.165, 1.54) is 5.56 Å². The van der Waals surface area contributed by atoms with E-state index in [1.54, 1.807) is 0 Å². The van der Waals surface area contributed by atoms with Crippen LogP contribution in [-0.2, 0) is 6.54 Å². The van der Waals surface area contributed by atoms with Crippen LogP contribution in [0, 0.1) is 6.92 Å². The van der Waals surface area contributed by atoms with Gasteiger partial charge >= 0.3 is 0 Å². The van der Waals surface area contributed by atoms with Crippen molar-refractivity contribution in [2.75, 3.05) is 6.61 Å². The van der Waals surface area contributed by atoms with Crippen molar-refractivity contribution in [3.8, 4) is 5.75 Å². The Morgan fingerprint density at radius 3 is 2.40 bits per heavy atom. The molecule has 0 aliphatic heterocycles. The van der Waals surface area contributed by atoms with E-state index < -0.39 is 0 Å². The molecule has 0 unspecified atom stereocenters. The van der Waals surface area contributed by atoms with Crippen LogP contribution in [0.25, 0.3) is 0 Å². The smallest absolute Gasteiger partial charge is 0.119 e. The predicted molar refractivity (Wildman–Crippen MR) is 61.1 cm³/mol. The average Bonchev–Trinajstić information content (AvgIpc) is 2.74. The van der Waals surface area contributed by atoms with Crippen molar-refractivity contribution in [3.05, 3.63) is 54.4 Å². The standard InChI is InChI=1S/C13H15NO/c1-12-4-6-13(7-5-12)15-11-10-14-8-2-3-9-14/h2-9H,10-11H2,1H3. The second-order valence-corrected chi connectivity index (χ2v) is 3.58. The highest BCUT2D eigenvalue weighted by atomic mass is 16.5. The van der Waals surface area contributed by atoms with Crippen LogP contribution in [0.3, 0.4) is 0 Å². The lowest BCUT2D eigenvalue weighted by Crippen LogP contribution is -2.06. The fourth-order valence-corrected chi connectivity index (χ4v) is 1.42. The van der Waals surface area contributed by atoms with Gasteiger partial charge in [0.1, 0.15) is 12.4 Å². The highest BCUT2D eigenvalue weighted by molar-refractivity contribution is 5.26. The maximum absolute atomic E-state index is 5.61. The number of hydrogen-bond acceptors (Lipinski definition) is 1. The zero-order chi connectivity index (χ0) is 10.5. The second-order valence-electron chi connectivity index (χ2n) is 3.58. The summed E-state index contributed by atoms with van der Waals surface area (Å²) in [4.78, 5) is 0. The van der Waals surface area contributed by atoms with Gasteiger partial charge in [-0.3, -0.25) is 0 Å². The minimum absolute atomic E-state index is 0.706. The van der Waals surface area contributed by atoms with Crippen molar-refractivity contribution in [1.82, 2.24) is 4.57 Å². The molecule has 2 aromatic rings. The third-order valence-electron chi connectivity index (χ3n) is 2.31. The van der Waals surface area contributed by atoms with E-state index in [1.807, 2.05) is 36.7 Å². The number of benzene rings is 1. The van der Waals surface area contributed by atoms with Crippen molar-refractivity contribution in [1.29, 1.82) is 0 Å². The highest BCUT2D eigenvalue weighted by Crippen LogP contribution is 2.11. The van der Waals surface area contributed by atoms with Crippen molar-refractivity contribution < 1.29 is 4.74 Å². The summed E-state index contributed by atoms with van der Waals surface area (Å²) in [5.74, 6) is 0.938. The molecule has 0 atom stereocenters. The Hall–Kier alpha value is -1.70. The molecule has 0 aliphatic carbocycles. The minimum Gasteiger partial charge on any atom is -0.492 e. The molecular weight excluding hydrogens is 186 g/mol. The fraction of sp³-hybridized carbons (Fsp3) is 0.231. The predicted octanol–water partition coefficient (Wildman–Crippen LogP) is 2.88. The zero-order valence-corrected chi connectivity index (χ0v) is 8.89. The molecule has 0 bridgehead atoms. The Morgan fingerprint density at radius 2 is 1.73 bits per heavy atom. The Kier molecular flexibility index (Phi) is 3.08. The normalized spacial score (nSPS) is 10.2. The van der Waals surface area contributed by atoms with Gasteiger partial charge in [-0.2, -0.15) is 0 Å². The molecule has 1 aromatic heterocycles. The topological polar surface area (TPSA) is 14.2 Å². The van der Waals surface area contributed by atoms with Gasteiger partial charge < -0.3 is 9.30 Å². The van der Waals surface area contributed by atoms with Gasteiger partial charge in [0.25, 0.3) is 0 Å². The van der Waals surface area contributed by atoms with E-state index in [0.29, 0.717) is 6.61 Å². The maximum Gasteiger partial charge on any atom is 0.119 e. The summed E-state index contributed by atoms with van der Waals surface area (Å²) in [6, 6.07) is 12.2. The third-order valence-corrected chi connectivity index (χ3v) is 2.31. The molecule has 2 nitrogen and oxygen atoms in total. The van der Waals surface area contributed by atoms with Crippen LogP contribution in [0.2, 0.25) is 0 Å². The minimum atomic E-state index is 0.706. The van der Waals surface area contributed by atoms with E-state index in [0.717, 1.165) is 12.3 Å². The zero-order valence-electron chi connectivity index (χ0n) is 8.89. The Labute approximate surface area is 90.1 Å². The van der Waals surface area contributed by atoms with Crippen LogP contribution in [0.15, 0.2) is 48.8 Å². The first kappa shape index (κ1) is 9.84. The molecule has 0 radical (unpaired) electrons. The largest absolute Gasteiger partial charge is 0.492 e. The lowest BCUT2D eigenvalue weighted by molar-refractivity contribution is 0.298. The molecule has 0 fully saturated rings. The molecule has 15 heavy (non-hydrogen) atoms. The van der Waals surface area contributed by atoms with Gasteiger partial charge in [0.2, 0.25) is 0 Å². The summed E-state index contributed by atoms with van der Waals surface area (Å²) >= 11 is 0. The molecule has 0 aliphatic rings. The summed E-state index contributed by atoms with van der Waals surface area (Å²) in [5.41, 5.74) is 1.26. The highest BCUT2D eigenvalue weighted by Gasteiger charge is 1.93. The van der Waals surface area contributed by atoms with Gasteiger partial charge in [-0.15, -0.1) is 0 Å². The Balaban J connectivity index is 1.81. The molecule has 78 valence electrons. The molecule has 0 saturated carbocycles. The van der Waals surface area contributed by atoms with Crippen LogP contribution in [0.1, 0.15) is 5.56 Å².